The first-order valence-electron chi connectivity index (χ1n) is 8.89. The van der Waals surface area contributed by atoms with Crippen LogP contribution >= 0.6 is 11.8 Å². The first kappa shape index (κ1) is 18.7. The van der Waals surface area contributed by atoms with Gasteiger partial charge in [0, 0.05) is 0 Å². The second-order valence-corrected chi connectivity index (χ2v) is 7.18. The molecule has 0 aromatic heterocycles. The smallest absolute Gasteiger partial charge is 0.343 e. The maximum atomic E-state index is 12.3. The van der Waals surface area contributed by atoms with Crippen molar-refractivity contribution < 1.29 is 14.3 Å². The van der Waals surface area contributed by atoms with Crippen LogP contribution in [0.1, 0.15) is 15.9 Å². The molecule has 1 saturated heterocycles. The highest BCUT2D eigenvalue weighted by Crippen LogP contribution is 2.28. The molecule has 0 bridgehead atoms. The van der Waals surface area contributed by atoms with E-state index in [1.807, 2.05) is 42.5 Å². The van der Waals surface area contributed by atoms with Gasteiger partial charge < -0.3 is 10.1 Å². The van der Waals surface area contributed by atoms with Crippen LogP contribution in [0.4, 0.5) is 5.69 Å². The molecule has 1 N–H and O–H groups in total. The number of carbonyl (C=O) groups excluding carboxylic acids is 2. The molecule has 142 valence electrons. The van der Waals surface area contributed by atoms with E-state index in [4.69, 9.17) is 4.74 Å². The second kappa shape index (κ2) is 8.58. The van der Waals surface area contributed by atoms with Crippen molar-refractivity contribution in [3.8, 4) is 5.75 Å². The van der Waals surface area contributed by atoms with Crippen molar-refractivity contribution in [2.45, 2.75) is 0 Å². The van der Waals surface area contributed by atoms with Crippen LogP contribution in [0, 0.1) is 0 Å². The zero-order valence-electron chi connectivity index (χ0n) is 15.2. The number of rotatable bonds is 4. The number of benzene rings is 3. The molecule has 1 fully saturated rings. The van der Waals surface area contributed by atoms with Gasteiger partial charge in [0.1, 0.15) is 5.75 Å². The number of hydrogen-bond acceptors (Lipinski definition) is 5. The largest absolute Gasteiger partial charge is 0.423 e. The highest BCUT2D eigenvalue weighted by atomic mass is 32.2. The third-order valence-corrected chi connectivity index (χ3v) is 4.92. The van der Waals surface area contributed by atoms with E-state index < -0.39 is 5.97 Å². The summed E-state index contributed by atoms with van der Waals surface area (Å²) in [6, 6.07) is 25.2. The first-order chi connectivity index (χ1) is 14.2. The Labute approximate surface area is 172 Å². The van der Waals surface area contributed by atoms with Crippen LogP contribution < -0.4 is 10.1 Å². The Bertz CT molecular complexity index is 1110. The normalized spacial score (nSPS) is 16.1. The number of nitrogens with one attached hydrogen (secondary N) is 1. The van der Waals surface area contributed by atoms with Gasteiger partial charge in [0.2, 0.25) is 0 Å². The molecule has 1 aliphatic heterocycles. The van der Waals surface area contributed by atoms with Crippen molar-refractivity contribution in [2.75, 3.05) is 0 Å². The number of ether oxygens (including phenoxy) is 1. The topological polar surface area (TPSA) is 67.8 Å². The third kappa shape index (κ3) is 4.80. The van der Waals surface area contributed by atoms with E-state index in [1.165, 1.54) is 11.8 Å². The molecule has 0 spiro atoms. The Balaban J connectivity index is 1.50. The van der Waals surface area contributed by atoms with Gasteiger partial charge in [0.05, 0.1) is 16.2 Å². The molecule has 1 amide bonds. The monoisotopic (exact) mass is 400 g/mol. The number of esters is 1. The third-order valence-electron chi connectivity index (χ3n) is 4.01. The van der Waals surface area contributed by atoms with Gasteiger partial charge in [-0.1, -0.05) is 48.5 Å². The van der Waals surface area contributed by atoms with Crippen molar-refractivity contribution in [1.29, 1.82) is 0 Å². The molecule has 5 nitrogen and oxygen atoms in total. The number of para-hydroxylation sites is 1. The summed E-state index contributed by atoms with van der Waals surface area (Å²) in [5.74, 6) is -0.230. The fourth-order valence-corrected chi connectivity index (χ4v) is 3.50. The van der Waals surface area contributed by atoms with Gasteiger partial charge in [-0.15, -0.1) is 0 Å². The van der Waals surface area contributed by atoms with Crippen LogP contribution in [0.5, 0.6) is 5.75 Å². The van der Waals surface area contributed by atoms with E-state index in [0.717, 1.165) is 11.3 Å². The number of amides is 1. The lowest BCUT2D eigenvalue weighted by Crippen LogP contribution is -2.19. The molecule has 0 atom stereocenters. The Morgan fingerprint density at radius 1 is 0.931 bits per heavy atom. The van der Waals surface area contributed by atoms with Gasteiger partial charge in [-0.2, -0.15) is 0 Å². The number of carbonyl (C=O) groups is 2. The van der Waals surface area contributed by atoms with Crippen molar-refractivity contribution >= 4 is 40.6 Å². The Morgan fingerprint density at radius 2 is 1.66 bits per heavy atom. The van der Waals surface area contributed by atoms with Gasteiger partial charge in [-0.05, 0) is 59.8 Å². The Morgan fingerprint density at radius 3 is 2.41 bits per heavy atom. The summed E-state index contributed by atoms with van der Waals surface area (Å²) >= 11 is 1.27. The summed E-state index contributed by atoms with van der Waals surface area (Å²) in [5, 5.41) is 3.29. The highest BCUT2D eigenvalue weighted by molar-refractivity contribution is 8.18. The minimum atomic E-state index is -0.430. The van der Waals surface area contributed by atoms with Crippen LogP contribution in [0.2, 0.25) is 0 Å². The molecule has 3 aromatic rings. The molecular formula is C23H16N2O3S. The van der Waals surface area contributed by atoms with Gasteiger partial charge in [-0.25, -0.2) is 9.79 Å². The predicted molar refractivity (Wildman–Crippen MR) is 115 cm³/mol. The van der Waals surface area contributed by atoms with Crippen molar-refractivity contribution in [3.63, 3.8) is 0 Å². The maximum Gasteiger partial charge on any atom is 0.343 e. The average Bonchev–Trinajstić information content (AvgIpc) is 3.08. The molecule has 29 heavy (non-hydrogen) atoms. The molecule has 3 aromatic carbocycles. The lowest BCUT2D eigenvalue weighted by atomic mass is 10.2. The highest BCUT2D eigenvalue weighted by Gasteiger charge is 2.23. The fraction of sp³-hybridized carbons (Fsp3) is 0. The number of amidine groups is 1. The van der Waals surface area contributed by atoms with Crippen molar-refractivity contribution in [1.82, 2.24) is 5.32 Å². The van der Waals surface area contributed by atoms with E-state index >= 15 is 0 Å². The fourth-order valence-electron chi connectivity index (χ4n) is 2.66. The molecule has 0 unspecified atom stereocenters. The van der Waals surface area contributed by atoms with Gasteiger partial charge in [-0.3, -0.25) is 4.79 Å². The number of aliphatic imine (C=N–C) groups is 1. The molecule has 0 radical (unpaired) electrons. The number of thioether (sulfide) groups is 1. The van der Waals surface area contributed by atoms with Crippen molar-refractivity contribution in [2.24, 2.45) is 4.99 Å². The lowest BCUT2D eigenvalue weighted by Gasteiger charge is -2.05. The second-order valence-electron chi connectivity index (χ2n) is 6.15. The molecular weight excluding hydrogens is 384 g/mol. The van der Waals surface area contributed by atoms with Crippen LogP contribution in [0.25, 0.3) is 6.08 Å². The predicted octanol–water partition coefficient (Wildman–Crippen LogP) is 4.80. The van der Waals surface area contributed by atoms with Crippen LogP contribution in [0.3, 0.4) is 0 Å². The first-order valence-corrected chi connectivity index (χ1v) is 9.71. The number of nitrogens with zero attached hydrogens (tertiary/aromatic N) is 1. The molecule has 6 heteroatoms. The minimum absolute atomic E-state index is 0.212. The summed E-state index contributed by atoms with van der Waals surface area (Å²) in [4.78, 5) is 29.4. The van der Waals surface area contributed by atoms with Gasteiger partial charge >= 0.3 is 5.97 Å². The molecule has 4 rings (SSSR count). The lowest BCUT2D eigenvalue weighted by molar-refractivity contribution is -0.115. The molecule has 0 saturated carbocycles. The van der Waals surface area contributed by atoms with Gasteiger partial charge in [0.25, 0.3) is 5.91 Å². The minimum Gasteiger partial charge on any atom is -0.423 e. The van der Waals surface area contributed by atoms with Crippen LogP contribution in [-0.4, -0.2) is 17.0 Å². The maximum absolute atomic E-state index is 12.3. The molecule has 1 aliphatic rings. The summed E-state index contributed by atoms with van der Waals surface area (Å²) in [5.41, 5.74) is 2.00. The molecule has 0 aliphatic carbocycles. The Kier molecular flexibility index (Phi) is 5.54. The quantitative estimate of drug-likeness (QED) is 0.388. The summed E-state index contributed by atoms with van der Waals surface area (Å²) in [7, 11) is 0. The van der Waals surface area contributed by atoms with Gasteiger partial charge in [0.15, 0.2) is 5.17 Å². The number of hydrogen-bond donors (Lipinski definition) is 1. The van der Waals surface area contributed by atoms with E-state index in [-0.39, 0.29) is 5.91 Å². The van der Waals surface area contributed by atoms with Crippen molar-refractivity contribution in [3.05, 3.63) is 101 Å². The average molecular weight is 400 g/mol. The van der Waals surface area contributed by atoms with E-state index in [9.17, 15) is 9.59 Å². The zero-order valence-corrected chi connectivity index (χ0v) is 16.1. The van der Waals surface area contributed by atoms with Crippen LogP contribution in [-0.2, 0) is 4.79 Å². The Hall–Kier alpha value is -3.64. The summed E-state index contributed by atoms with van der Waals surface area (Å²) < 4.78 is 5.43. The van der Waals surface area contributed by atoms with Crippen LogP contribution in [0.15, 0.2) is 94.8 Å². The standard InChI is InChI=1S/C23H16N2O3S/c26-21-20(29-23(25-21)24-18-11-5-2-6-12-18)15-16-8-7-13-19(14-16)28-22(27)17-9-3-1-4-10-17/h1-15H,(H,24,25,26). The zero-order chi connectivity index (χ0) is 20.1. The van der Waals surface area contributed by atoms with E-state index in [2.05, 4.69) is 10.3 Å². The SMILES string of the molecule is O=C1NC(=Nc2ccccc2)SC1=Cc1cccc(OC(=O)c2ccccc2)c1. The molecule has 1 heterocycles. The van der Waals surface area contributed by atoms with E-state index in [1.54, 1.807) is 48.5 Å². The summed E-state index contributed by atoms with van der Waals surface area (Å²) in [6.07, 6.45) is 1.74. The summed E-state index contributed by atoms with van der Waals surface area (Å²) in [6.45, 7) is 0. The van der Waals surface area contributed by atoms with E-state index in [0.29, 0.717) is 21.4 Å².